The number of hydrogen-bond donors (Lipinski definition) is 0. The molecule has 1 heterocycles. The van der Waals surface area contributed by atoms with E-state index >= 15 is 0 Å². The number of methoxy groups -OCH3 is 1. The smallest absolute Gasteiger partial charge is 0.139 e. The molecule has 0 atom stereocenters. The van der Waals surface area contributed by atoms with Crippen LogP contribution in [0.5, 0.6) is 11.5 Å². The van der Waals surface area contributed by atoms with Crippen LogP contribution < -0.4 is 14.4 Å². The maximum atomic E-state index is 5.75. The van der Waals surface area contributed by atoms with Crippen LogP contribution in [0.15, 0.2) is 48.5 Å². The Hall–Kier alpha value is -2.07. The van der Waals surface area contributed by atoms with Gasteiger partial charge in [-0.15, -0.1) is 0 Å². The number of thiocarbonyl (C=S) groups is 1. The molecule has 0 radical (unpaired) electrons. The Kier molecular flexibility index (Phi) is 3.56. The van der Waals surface area contributed by atoms with Crippen LogP contribution in [0.1, 0.15) is 5.56 Å². The van der Waals surface area contributed by atoms with Crippen LogP contribution in [0.4, 0.5) is 5.69 Å². The van der Waals surface area contributed by atoms with E-state index in [1.54, 1.807) is 7.11 Å². The summed E-state index contributed by atoms with van der Waals surface area (Å²) in [6.45, 7) is 1.15. The summed E-state index contributed by atoms with van der Waals surface area (Å²) in [6, 6.07) is 16.0. The summed E-state index contributed by atoms with van der Waals surface area (Å²) < 4.78 is 10.9. The normalized spacial score (nSPS) is 14.2. The molecule has 0 amide bonds. The van der Waals surface area contributed by atoms with Gasteiger partial charge in [-0.3, -0.25) is 0 Å². The lowest BCUT2D eigenvalue weighted by Crippen LogP contribution is -2.30. The molecule has 20 heavy (non-hydrogen) atoms. The second kappa shape index (κ2) is 5.51. The van der Waals surface area contributed by atoms with E-state index in [0.29, 0.717) is 6.61 Å². The van der Waals surface area contributed by atoms with E-state index in [2.05, 4.69) is 11.0 Å². The van der Waals surface area contributed by atoms with Gasteiger partial charge in [-0.25, -0.2) is 0 Å². The van der Waals surface area contributed by atoms with Gasteiger partial charge in [-0.1, -0.05) is 30.4 Å². The molecule has 0 aromatic heterocycles. The zero-order valence-corrected chi connectivity index (χ0v) is 12.0. The largest absolute Gasteiger partial charge is 0.497 e. The van der Waals surface area contributed by atoms with E-state index in [-0.39, 0.29) is 0 Å². The summed E-state index contributed by atoms with van der Waals surface area (Å²) in [7, 11) is 1.66. The third-order valence-corrected chi connectivity index (χ3v) is 3.68. The summed E-state index contributed by atoms with van der Waals surface area (Å²) in [5.74, 6) is 1.75. The number of ether oxygens (including phenoxy) is 2. The zero-order chi connectivity index (χ0) is 13.9. The average Bonchev–Trinajstić information content (AvgIpc) is 2.67. The molecule has 0 saturated heterocycles. The highest BCUT2D eigenvalue weighted by molar-refractivity contribution is 7.80. The van der Waals surface area contributed by atoms with Gasteiger partial charge in [0.1, 0.15) is 23.1 Å². The van der Waals surface area contributed by atoms with Crippen molar-refractivity contribution in [2.45, 2.75) is 6.54 Å². The first-order chi connectivity index (χ1) is 9.78. The van der Waals surface area contributed by atoms with Crippen molar-refractivity contribution >= 4 is 22.9 Å². The van der Waals surface area contributed by atoms with Crippen molar-refractivity contribution in [1.29, 1.82) is 0 Å². The highest BCUT2D eigenvalue weighted by atomic mass is 32.1. The fraction of sp³-hybridized carbons (Fsp3) is 0.188. The fourth-order valence-electron chi connectivity index (χ4n) is 2.25. The monoisotopic (exact) mass is 285 g/mol. The molecule has 0 spiro atoms. The van der Waals surface area contributed by atoms with Crippen LogP contribution in [-0.2, 0) is 6.54 Å². The maximum Gasteiger partial charge on any atom is 0.139 e. The van der Waals surface area contributed by atoms with Gasteiger partial charge in [0.25, 0.3) is 0 Å². The van der Waals surface area contributed by atoms with Crippen molar-refractivity contribution in [1.82, 2.24) is 0 Å². The summed E-state index contributed by atoms with van der Waals surface area (Å²) in [6.07, 6.45) is 0. The molecular weight excluding hydrogens is 270 g/mol. The van der Waals surface area contributed by atoms with Crippen molar-refractivity contribution in [2.24, 2.45) is 0 Å². The topological polar surface area (TPSA) is 21.7 Å². The Labute approximate surface area is 123 Å². The number of fused-ring (bicyclic) bond motifs is 1. The number of hydrogen-bond acceptors (Lipinski definition) is 3. The van der Waals surface area contributed by atoms with Crippen LogP contribution >= 0.6 is 12.2 Å². The fourth-order valence-corrected chi connectivity index (χ4v) is 2.48. The average molecular weight is 285 g/mol. The van der Waals surface area contributed by atoms with Gasteiger partial charge in [0.2, 0.25) is 0 Å². The van der Waals surface area contributed by atoms with E-state index < -0.39 is 0 Å². The Morgan fingerprint density at radius 2 is 1.85 bits per heavy atom. The van der Waals surface area contributed by atoms with Crippen molar-refractivity contribution in [3.8, 4) is 11.5 Å². The minimum absolute atomic E-state index is 0.429. The second-order valence-electron chi connectivity index (χ2n) is 4.57. The number of para-hydroxylation sites is 1. The molecule has 0 N–H and O–H groups in total. The van der Waals surface area contributed by atoms with E-state index in [1.165, 1.54) is 0 Å². The van der Waals surface area contributed by atoms with Gasteiger partial charge in [-0.05, 0) is 30.3 Å². The molecule has 0 fully saturated rings. The molecule has 2 aromatic carbocycles. The molecule has 1 aliphatic heterocycles. The van der Waals surface area contributed by atoms with Crippen molar-refractivity contribution in [3.63, 3.8) is 0 Å². The summed E-state index contributed by atoms with van der Waals surface area (Å²) in [5, 5.41) is 0. The van der Waals surface area contributed by atoms with Crippen LogP contribution in [0.3, 0.4) is 0 Å². The Morgan fingerprint density at radius 3 is 2.60 bits per heavy atom. The molecule has 102 valence electrons. The summed E-state index contributed by atoms with van der Waals surface area (Å²) in [4.78, 5) is 2.88. The van der Waals surface area contributed by atoms with Crippen LogP contribution in [0.25, 0.3) is 0 Å². The molecule has 3 rings (SSSR count). The van der Waals surface area contributed by atoms with Gasteiger partial charge in [0.15, 0.2) is 0 Å². The van der Waals surface area contributed by atoms with Crippen LogP contribution in [0.2, 0.25) is 0 Å². The van der Waals surface area contributed by atoms with Gasteiger partial charge in [0, 0.05) is 11.3 Å². The lowest BCUT2D eigenvalue weighted by atomic mass is 10.2. The van der Waals surface area contributed by atoms with Gasteiger partial charge >= 0.3 is 0 Å². The van der Waals surface area contributed by atoms with E-state index in [9.17, 15) is 0 Å². The third-order valence-electron chi connectivity index (χ3n) is 3.34. The Morgan fingerprint density at radius 1 is 1.10 bits per heavy atom. The van der Waals surface area contributed by atoms with Crippen LogP contribution in [0, 0.1) is 0 Å². The highest BCUT2D eigenvalue weighted by Gasteiger charge is 2.19. The lowest BCUT2D eigenvalue weighted by molar-refractivity contribution is 0.378. The van der Waals surface area contributed by atoms with Gasteiger partial charge in [-0.2, -0.15) is 0 Å². The first kappa shape index (κ1) is 12.9. The standard InChI is InChI=1S/C16H15NO2S/c1-18-14-8-6-13(7-9-14)17-10-12-4-2-3-5-15(12)19-11-16(17)20/h2-9H,10-11H2,1H3. The predicted molar refractivity (Wildman–Crippen MR) is 83.7 cm³/mol. The lowest BCUT2D eigenvalue weighted by Gasteiger charge is -2.22. The summed E-state index contributed by atoms with van der Waals surface area (Å²) >= 11 is 5.47. The third kappa shape index (κ3) is 2.47. The van der Waals surface area contributed by atoms with Gasteiger partial charge in [0.05, 0.1) is 13.7 Å². The Balaban J connectivity index is 1.93. The molecule has 0 saturated carbocycles. The molecule has 0 unspecified atom stereocenters. The van der Waals surface area contributed by atoms with Crippen molar-refractivity contribution in [3.05, 3.63) is 54.1 Å². The Bertz CT molecular complexity index is 625. The molecular formula is C16H15NO2S. The maximum absolute atomic E-state index is 5.75. The van der Waals surface area contributed by atoms with E-state index in [0.717, 1.165) is 34.3 Å². The molecule has 0 bridgehead atoms. The SMILES string of the molecule is COc1ccc(N2Cc3ccccc3OCC2=S)cc1. The minimum Gasteiger partial charge on any atom is -0.497 e. The van der Waals surface area contributed by atoms with Crippen LogP contribution in [-0.4, -0.2) is 18.7 Å². The first-order valence-corrected chi connectivity index (χ1v) is 6.84. The van der Waals surface area contributed by atoms with E-state index in [4.69, 9.17) is 21.7 Å². The minimum atomic E-state index is 0.429. The number of anilines is 1. The molecule has 1 aliphatic rings. The van der Waals surface area contributed by atoms with E-state index in [1.807, 2.05) is 42.5 Å². The quantitative estimate of drug-likeness (QED) is 0.788. The molecule has 3 nitrogen and oxygen atoms in total. The number of benzene rings is 2. The predicted octanol–water partition coefficient (Wildman–Crippen LogP) is 3.42. The number of nitrogens with zero attached hydrogens (tertiary/aromatic N) is 1. The van der Waals surface area contributed by atoms with Gasteiger partial charge < -0.3 is 14.4 Å². The van der Waals surface area contributed by atoms with Crippen molar-refractivity contribution < 1.29 is 9.47 Å². The highest BCUT2D eigenvalue weighted by Crippen LogP contribution is 2.28. The molecule has 2 aromatic rings. The second-order valence-corrected chi connectivity index (χ2v) is 5.05. The zero-order valence-electron chi connectivity index (χ0n) is 11.2. The first-order valence-electron chi connectivity index (χ1n) is 6.43. The number of rotatable bonds is 2. The summed E-state index contributed by atoms with van der Waals surface area (Å²) in [5.41, 5.74) is 2.19. The molecule has 4 heteroatoms. The van der Waals surface area contributed by atoms with Crippen molar-refractivity contribution in [2.75, 3.05) is 18.6 Å². The molecule has 0 aliphatic carbocycles.